The highest BCUT2D eigenvalue weighted by atomic mass is 79.9. The lowest BCUT2D eigenvalue weighted by molar-refractivity contribution is -0.119. The number of nitrogens with zero attached hydrogens (tertiary/aromatic N) is 1. The SMILES string of the molecule is COc1c(O)cc(/C=N\NC(=O)CNc2ccc(C)cc2)cc1Br. The number of phenols is 1. The van der Waals surface area contributed by atoms with E-state index in [-0.39, 0.29) is 18.2 Å². The fraction of sp³-hybridized carbons (Fsp3) is 0.176. The number of benzene rings is 2. The van der Waals surface area contributed by atoms with Gasteiger partial charge in [-0.3, -0.25) is 4.79 Å². The molecule has 3 N–H and O–H groups in total. The van der Waals surface area contributed by atoms with E-state index in [1.165, 1.54) is 19.4 Å². The maximum atomic E-state index is 11.7. The Hall–Kier alpha value is -2.54. The summed E-state index contributed by atoms with van der Waals surface area (Å²) in [5, 5.41) is 16.7. The van der Waals surface area contributed by atoms with Crippen molar-refractivity contribution in [3.63, 3.8) is 0 Å². The van der Waals surface area contributed by atoms with Crippen LogP contribution in [0.15, 0.2) is 46.0 Å². The number of hydrazone groups is 1. The second-order valence-electron chi connectivity index (χ2n) is 5.07. The van der Waals surface area contributed by atoms with Crippen LogP contribution in [-0.2, 0) is 4.79 Å². The van der Waals surface area contributed by atoms with Crippen molar-refractivity contribution in [3.8, 4) is 11.5 Å². The molecular formula is C17H18BrN3O3. The summed E-state index contributed by atoms with van der Waals surface area (Å²) in [5.41, 5.74) is 5.06. The lowest BCUT2D eigenvalue weighted by Gasteiger charge is -2.07. The van der Waals surface area contributed by atoms with Crippen molar-refractivity contribution in [2.45, 2.75) is 6.92 Å². The molecule has 2 aromatic carbocycles. The molecule has 0 aliphatic carbocycles. The topological polar surface area (TPSA) is 83.0 Å². The number of aromatic hydroxyl groups is 1. The van der Waals surface area contributed by atoms with Gasteiger partial charge in [-0.2, -0.15) is 5.10 Å². The van der Waals surface area contributed by atoms with Crippen LogP contribution in [0.5, 0.6) is 11.5 Å². The minimum atomic E-state index is -0.274. The van der Waals surface area contributed by atoms with Crippen molar-refractivity contribution in [1.82, 2.24) is 5.43 Å². The molecule has 0 saturated heterocycles. The first-order valence-electron chi connectivity index (χ1n) is 7.18. The first kappa shape index (κ1) is 17.8. The molecule has 0 bridgehead atoms. The number of hydrogen-bond acceptors (Lipinski definition) is 5. The normalized spacial score (nSPS) is 10.6. The number of hydrogen-bond donors (Lipinski definition) is 3. The Bertz CT molecular complexity index is 722. The number of phenolic OH excluding ortho intramolecular Hbond substituents is 1. The molecule has 0 fully saturated rings. The Labute approximate surface area is 148 Å². The molecule has 2 aromatic rings. The zero-order valence-electron chi connectivity index (χ0n) is 13.3. The van der Waals surface area contributed by atoms with Crippen molar-refractivity contribution in [2.75, 3.05) is 19.0 Å². The van der Waals surface area contributed by atoms with Gasteiger partial charge in [0.25, 0.3) is 5.91 Å². The van der Waals surface area contributed by atoms with Crippen LogP contribution >= 0.6 is 15.9 Å². The number of rotatable bonds is 6. The smallest absolute Gasteiger partial charge is 0.259 e. The highest BCUT2D eigenvalue weighted by Crippen LogP contribution is 2.34. The molecule has 0 spiro atoms. The number of methoxy groups -OCH3 is 1. The van der Waals surface area contributed by atoms with Gasteiger partial charge in [0.2, 0.25) is 0 Å². The minimum absolute atomic E-state index is 0.0133. The number of anilines is 1. The summed E-state index contributed by atoms with van der Waals surface area (Å²) in [6.07, 6.45) is 1.44. The third-order valence-corrected chi connectivity index (χ3v) is 3.75. The van der Waals surface area contributed by atoms with E-state index >= 15 is 0 Å². The molecule has 0 aliphatic heterocycles. The molecule has 7 heteroatoms. The van der Waals surface area contributed by atoms with Crippen LogP contribution in [0, 0.1) is 6.92 Å². The van der Waals surface area contributed by atoms with Gasteiger partial charge in [-0.05, 0) is 52.7 Å². The monoisotopic (exact) mass is 391 g/mol. The second kappa shape index (κ2) is 8.35. The fourth-order valence-corrected chi connectivity index (χ4v) is 2.58. The van der Waals surface area contributed by atoms with Crippen LogP contribution in [0.4, 0.5) is 5.69 Å². The van der Waals surface area contributed by atoms with Gasteiger partial charge >= 0.3 is 0 Å². The maximum Gasteiger partial charge on any atom is 0.259 e. The Kier molecular flexibility index (Phi) is 6.20. The number of aryl methyl sites for hydroxylation is 1. The summed E-state index contributed by atoms with van der Waals surface area (Å²) >= 11 is 3.29. The third kappa shape index (κ3) is 4.99. The van der Waals surface area contributed by atoms with Crippen molar-refractivity contribution in [3.05, 3.63) is 52.0 Å². The quantitative estimate of drug-likeness (QED) is 0.521. The largest absolute Gasteiger partial charge is 0.504 e. The van der Waals surface area contributed by atoms with Crippen molar-refractivity contribution in [1.29, 1.82) is 0 Å². The molecule has 0 radical (unpaired) electrons. The van der Waals surface area contributed by atoms with E-state index < -0.39 is 0 Å². The average Bonchev–Trinajstić information content (AvgIpc) is 2.54. The van der Waals surface area contributed by atoms with E-state index in [4.69, 9.17) is 4.74 Å². The van der Waals surface area contributed by atoms with Gasteiger partial charge < -0.3 is 15.2 Å². The molecule has 126 valence electrons. The van der Waals surface area contributed by atoms with Gasteiger partial charge in [0.15, 0.2) is 11.5 Å². The summed E-state index contributed by atoms with van der Waals surface area (Å²) in [6.45, 7) is 2.11. The molecule has 0 aromatic heterocycles. The fourth-order valence-electron chi connectivity index (χ4n) is 1.95. The summed E-state index contributed by atoms with van der Waals surface area (Å²) in [6, 6.07) is 11.0. The third-order valence-electron chi connectivity index (χ3n) is 3.16. The Morgan fingerprint density at radius 3 is 2.67 bits per heavy atom. The van der Waals surface area contributed by atoms with E-state index in [2.05, 4.69) is 31.8 Å². The minimum Gasteiger partial charge on any atom is -0.504 e. The predicted molar refractivity (Wildman–Crippen MR) is 97.8 cm³/mol. The van der Waals surface area contributed by atoms with Gasteiger partial charge in [0.1, 0.15) is 0 Å². The van der Waals surface area contributed by atoms with Gasteiger partial charge in [-0.1, -0.05) is 17.7 Å². The highest BCUT2D eigenvalue weighted by molar-refractivity contribution is 9.10. The van der Waals surface area contributed by atoms with Gasteiger partial charge in [0.05, 0.1) is 24.3 Å². The van der Waals surface area contributed by atoms with E-state index in [0.717, 1.165) is 11.3 Å². The zero-order chi connectivity index (χ0) is 17.5. The molecule has 0 aliphatic rings. The first-order chi connectivity index (χ1) is 11.5. The van der Waals surface area contributed by atoms with Gasteiger partial charge in [0, 0.05) is 5.69 Å². The molecule has 24 heavy (non-hydrogen) atoms. The zero-order valence-corrected chi connectivity index (χ0v) is 14.9. The van der Waals surface area contributed by atoms with E-state index in [9.17, 15) is 9.90 Å². The van der Waals surface area contributed by atoms with E-state index in [1.54, 1.807) is 6.07 Å². The van der Waals surface area contributed by atoms with Gasteiger partial charge in [-0.15, -0.1) is 0 Å². The number of nitrogens with one attached hydrogen (secondary N) is 2. The van der Waals surface area contributed by atoms with Crippen molar-refractivity contribution in [2.24, 2.45) is 5.10 Å². The summed E-state index contributed by atoms with van der Waals surface area (Å²) < 4.78 is 5.63. The Morgan fingerprint density at radius 2 is 2.04 bits per heavy atom. The number of carbonyl (C=O) groups is 1. The van der Waals surface area contributed by atoms with Crippen LogP contribution < -0.4 is 15.5 Å². The highest BCUT2D eigenvalue weighted by Gasteiger charge is 2.07. The number of carbonyl (C=O) groups excluding carboxylic acids is 1. The first-order valence-corrected chi connectivity index (χ1v) is 7.98. The molecule has 0 saturated carbocycles. The maximum absolute atomic E-state index is 11.7. The number of halogens is 1. The van der Waals surface area contributed by atoms with Crippen LogP contribution in [0.2, 0.25) is 0 Å². The lowest BCUT2D eigenvalue weighted by atomic mass is 10.2. The molecular weight excluding hydrogens is 374 g/mol. The lowest BCUT2D eigenvalue weighted by Crippen LogP contribution is -2.25. The number of amides is 1. The van der Waals surface area contributed by atoms with Crippen LogP contribution in [0.25, 0.3) is 0 Å². The van der Waals surface area contributed by atoms with Crippen molar-refractivity contribution < 1.29 is 14.6 Å². The van der Waals surface area contributed by atoms with Crippen LogP contribution in [0.1, 0.15) is 11.1 Å². The molecule has 0 atom stereocenters. The molecule has 0 unspecified atom stereocenters. The Morgan fingerprint density at radius 1 is 1.33 bits per heavy atom. The van der Waals surface area contributed by atoms with Gasteiger partial charge in [-0.25, -0.2) is 5.43 Å². The Balaban J connectivity index is 1.87. The van der Waals surface area contributed by atoms with Crippen LogP contribution in [-0.4, -0.2) is 30.9 Å². The van der Waals surface area contributed by atoms with E-state index in [0.29, 0.717) is 15.8 Å². The predicted octanol–water partition coefficient (Wildman–Crippen LogP) is 3.03. The van der Waals surface area contributed by atoms with Crippen molar-refractivity contribution >= 4 is 33.7 Å². The molecule has 6 nitrogen and oxygen atoms in total. The molecule has 0 heterocycles. The summed E-state index contributed by atoms with van der Waals surface area (Å²) in [5.74, 6) is 0.0581. The second-order valence-corrected chi connectivity index (χ2v) is 5.92. The summed E-state index contributed by atoms with van der Waals surface area (Å²) in [4.78, 5) is 11.7. The number of ether oxygens (including phenoxy) is 1. The molecule has 1 amide bonds. The average molecular weight is 392 g/mol. The van der Waals surface area contributed by atoms with Crippen LogP contribution in [0.3, 0.4) is 0 Å². The molecule has 2 rings (SSSR count). The summed E-state index contributed by atoms with van der Waals surface area (Å²) in [7, 11) is 1.47. The van der Waals surface area contributed by atoms with E-state index in [1.807, 2.05) is 31.2 Å². The standard InChI is InChI=1S/C17H18BrN3O3/c1-11-3-5-13(6-4-11)19-10-16(23)21-20-9-12-7-14(18)17(24-2)15(22)8-12/h3-9,19,22H,10H2,1-2H3,(H,21,23)/b20-9-.